The molecule has 1 fully saturated rings. The zero-order valence-electron chi connectivity index (χ0n) is 10.4. The van der Waals surface area contributed by atoms with E-state index < -0.39 is 0 Å². The minimum Gasteiger partial charge on any atom is -0.398 e. The predicted molar refractivity (Wildman–Crippen MR) is 72.1 cm³/mol. The number of nitrogens with two attached hydrogens (primary N) is 1. The molecule has 0 aromatic heterocycles. The van der Waals surface area contributed by atoms with Gasteiger partial charge in [-0.05, 0) is 31.0 Å². The van der Waals surface area contributed by atoms with Crippen LogP contribution in [0.25, 0.3) is 0 Å². The number of hydrogen-bond donors (Lipinski definition) is 3. The molecule has 96 valence electrons. The lowest BCUT2D eigenvalue weighted by atomic mass is 9.82. The maximum absolute atomic E-state index is 9.63. The van der Waals surface area contributed by atoms with Gasteiger partial charge in [-0.25, -0.2) is 0 Å². The van der Waals surface area contributed by atoms with E-state index in [4.69, 9.17) is 11.0 Å². The lowest BCUT2D eigenvalue weighted by Crippen LogP contribution is -2.43. The second-order valence-electron chi connectivity index (χ2n) is 5.04. The van der Waals surface area contributed by atoms with E-state index in [1.807, 2.05) is 12.1 Å². The zero-order valence-corrected chi connectivity index (χ0v) is 10.4. The Morgan fingerprint density at radius 2 is 2.06 bits per heavy atom. The molecule has 1 saturated carbocycles. The summed E-state index contributed by atoms with van der Waals surface area (Å²) in [4.78, 5) is 0. The van der Waals surface area contributed by atoms with Crippen molar-refractivity contribution in [2.24, 2.45) is 0 Å². The van der Waals surface area contributed by atoms with Crippen molar-refractivity contribution in [1.82, 2.24) is 0 Å². The van der Waals surface area contributed by atoms with Crippen molar-refractivity contribution in [3.8, 4) is 6.07 Å². The number of hydrogen-bond acceptors (Lipinski definition) is 4. The third-order valence-corrected chi connectivity index (χ3v) is 3.69. The molecular weight excluding hydrogens is 226 g/mol. The van der Waals surface area contributed by atoms with E-state index in [0.717, 1.165) is 31.4 Å². The Balaban J connectivity index is 2.17. The molecule has 4 heteroatoms. The Morgan fingerprint density at radius 1 is 1.33 bits per heavy atom. The molecule has 0 atom stereocenters. The summed E-state index contributed by atoms with van der Waals surface area (Å²) in [6.45, 7) is 0.132. The fourth-order valence-electron chi connectivity index (χ4n) is 2.60. The highest BCUT2D eigenvalue weighted by Gasteiger charge is 2.31. The summed E-state index contributed by atoms with van der Waals surface area (Å²) in [5, 5.41) is 21.9. The number of nitrogens with zero attached hydrogens (tertiary/aromatic N) is 1. The summed E-state index contributed by atoms with van der Waals surface area (Å²) in [7, 11) is 0. The minimum absolute atomic E-state index is 0.132. The summed E-state index contributed by atoms with van der Waals surface area (Å²) in [5.41, 5.74) is 7.42. The first-order valence-corrected chi connectivity index (χ1v) is 6.38. The monoisotopic (exact) mass is 245 g/mol. The molecule has 4 nitrogen and oxygen atoms in total. The third kappa shape index (κ3) is 2.57. The van der Waals surface area contributed by atoms with Crippen LogP contribution in [0, 0.1) is 11.3 Å². The minimum atomic E-state index is -0.223. The van der Waals surface area contributed by atoms with Gasteiger partial charge in [-0.2, -0.15) is 5.26 Å². The molecule has 0 saturated heterocycles. The molecule has 0 unspecified atom stereocenters. The SMILES string of the molecule is N#Cc1ccc(NC2(CO)CCCCC2)cc1N. The molecule has 1 aliphatic rings. The molecule has 1 aliphatic carbocycles. The molecule has 0 bridgehead atoms. The maximum atomic E-state index is 9.63. The van der Waals surface area contributed by atoms with Gasteiger partial charge in [0.15, 0.2) is 0 Å². The Hall–Kier alpha value is -1.73. The summed E-state index contributed by atoms with van der Waals surface area (Å²) >= 11 is 0. The van der Waals surface area contributed by atoms with E-state index >= 15 is 0 Å². The number of nitrogens with one attached hydrogen (secondary N) is 1. The molecule has 0 radical (unpaired) electrons. The Bertz CT molecular complexity index is 459. The molecular formula is C14H19N3O. The van der Waals surface area contributed by atoms with E-state index in [-0.39, 0.29) is 12.1 Å². The number of nitriles is 1. The van der Waals surface area contributed by atoms with Crippen LogP contribution < -0.4 is 11.1 Å². The molecule has 0 heterocycles. The third-order valence-electron chi connectivity index (χ3n) is 3.69. The lowest BCUT2D eigenvalue weighted by Gasteiger charge is -2.37. The van der Waals surface area contributed by atoms with E-state index in [0.29, 0.717) is 11.3 Å². The van der Waals surface area contributed by atoms with Gasteiger partial charge >= 0.3 is 0 Å². The van der Waals surface area contributed by atoms with Crippen LogP contribution >= 0.6 is 0 Å². The molecule has 1 aromatic rings. The average molecular weight is 245 g/mol. The molecule has 18 heavy (non-hydrogen) atoms. The van der Waals surface area contributed by atoms with E-state index in [1.54, 1.807) is 12.1 Å². The Morgan fingerprint density at radius 3 is 2.61 bits per heavy atom. The van der Waals surface area contributed by atoms with Crippen LogP contribution in [0.4, 0.5) is 11.4 Å². The second kappa shape index (κ2) is 5.28. The molecule has 1 aromatic carbocycles. The zero-order chi connectivity index (χ0) is 13.0. The quantitative estimate of drug-likeness (QED) is 0.713. The van der Waals surface area contributed by atoms with Crippen LogP contribution in [-0.4, -0.2) is 17.3 Å². The van der Waals surface area contributed by atoms with Gasteiger partial charge < -0.3 is 16.2 Å². The highest BCUT2D eigenvalue weighted by atomic mass is 16.3. The first kappa shape index (κ1) is 12.7. The average Bonchev–Trinajstić information content (AvgIpc) is 2.40. The summed E-state index contributed by atoms with van der Waals surface area (Å²) < 4.78 is 0. The van der Waals surface area contributed by atoms with Crippen LogP contribution in [0.5, 0.6) is 0 Å². The number of aliphatic hydroxyl groups is 1. The van der Waals surface area contributed by atoms with Gasteiger partial charge in [0.25, 0.3) is 0 Å². The largest absolute Gasteiger partial charge is 0.398 e. The second-order valence-corrected chi connectivity index (χ2v) is 5.04. The normalized spacial score (nSPS) is 18.0. The van der Waals surface area contributed by atoms with Gasteiger partial charge in [0.2, 0.25) is 0 Å². The maximum Gasteiger partial charge on any atom is 0.101 e. The highest BCUT2D eigenvalue weighted by Crippen LogP contribution is 2.32. The number of nitrogen functional groups attached to an aromatic ring is 1. The first-order chi connectivity index (χ1) is 8.69. The van der Waals surface area contributed by atoms with E-state index in [2.05, 4.69) is 5.32 Å². The Labute approximate surface area is 107 Å². The van der Waals surface area contributed by atoms with Crippen molar-refractivity contribution < 1.29 is 5.11 Å². The van der Waals surface area contributed by atoms with Crippen molar-refractivity contribution in [2.45, 2.75) is 37.6 Å². The predicted octanol–water partition coefficient (Wildman–Crippen LogP) is 2.25. The van der Waals surface area contributed by atoms with Crippen LogP contribution in [0.1, 0.15) is 37.7 Å². The fourth-order valence-corrected chi connectivity index (χ4v) is 2.60. The van der Waals surface area contributed by atoms with E-state index in [9.17, 15) is 5.11 Å². The van der Waals surface area contributed by atoms with Crippen molar-refractivity contribution >= 4 is 11.4 Å². The highest BCUT2D eigenvalue weighted by molar-refractivity contribution is 5.63. The van der Waals surface area contributed by atoms with Gasteiger partial charge in [0.1, 0.15) is 6.07 Å². The lowest BCUT2D eigenvalue weighted by molar-refractivity contribution is 0.173. The fraction of sp³-hybridized carbons (Fsp3) is 0.500. The topological polar surface area (TPSA) is 82.1 Å². The standard InChI is InChI=1S/C14H19N3O/c15-9-11-4-5-12(8-13(11)16)17-14(10-18)6-2-1-3-7-14/h4-5,8,17-18H,1-3,6-7,10,16H2. The van der Waals surface area contributed by atoms with Gasteiger partial charge in [-0.1, -0.05) is 19.3 Å². The molecule has 0 aliphatic heterocycles. The van der Waals surface area contributed by atoms with Crippen molar-refractivity contribution in [3.63, 3.8) is 0 Å². The molecule has 0 spiro atoms. The van der Waals surface area contributed by atoms with Crippen molar-refractivity contribution in [2.75, 3.05) is 17.7 Å². The number of rotatable bonds is 3. The van der Waals surface area contributed by atoms with Crippen LogP contribution in [0.2, 0.25) is 0 Å². The van der Waals surface area contributed by atoms with Crippen LogP contribution in [-0.2, 0) is 0 Å². The molecule has 4 N–H and O–H groups in total. The van der Waals surface area contributed by atoms with Crippen LogP contribution in [0.15, 0.2) is 18.2 Å². The first-order valence-electron chi connectivity index (χ1n) is 6.38. The molecule has 2 rings (SSSR count). The van der Waals surface area contributed by atoms with Crippen molar-refractivity contribution in [1.29, 1.82) is 5.26 Å². The number of benzene rings is 1. The van der Waals surface area contributed by atoms with Gasteiger partial charge in [0, 0.05) is 5.69 Å². The van der Waals surface area contributed by atoms with E-state index in [1.165, 1.54) is 6.42 Å². The summed E-state index contributed by atoms with van der Waals surface area (Å²) in [5.74, 6) is 0. The smallest absolute Gasteiger partial charge is 0.101 e. The van der Waals surface area contributed by atoms with Gasteiger partial charge in [-0.3, -0.25) is 0 Å². The number of anilines is 2. The van der Waals surface area contributed by atoms with Crippen LogP contribution in [0.3, 0.4) is 0 Å². The number of aliphatic hydroxyl groups excluding tert-OH is 1. The summed E-state index contributed by atoms with van der Waals surface area (Å²) in [6, 6.07) is 7.38. The summed E-state index contributed by atoms with van der Waals surface area (Å²) in [6.07, 6.45) is 5.46. The van der Waals surface area contributed by atoms with Crippen molar-refractivity contribution in [3.05, 3.63) is 23.8 Å². The molecule has 0 amide bonds. The van der Waals surface area contributed by atoms with Gasteiger partial charge in [-0.15, -0.1) is 0 Å². The van der Waals surface area contributed by atoms with Gasteiger partial charge in [0.05, 0.1) is 23.4 Å². The Kier molecular flexibility index (Phi) is 3.73.